The molecule has 0 bridgehead atoms. The minimum Gasteiger partial charge on any atom is -0.341 e. The lowest BCUT2D eigenvalue weighted by molar-refractivity contribution is 0.0534. The molecule has 0 aliphatic carbocycles. The largest absolute Gasteiger partial charge is 0.341 e. The monoisotopic (exact) mass is 193 g/mol. The van der Waals surface area contributed by atoms with Crippen LogP contribution in [0, 0.1) is 0 Å². The molecule has 0 saturated heterocycles. The van der Waals surface area contributed by atoms with Crippen molar-refractivity contribution in [3.8, 4) is 0 Å². The number of amides is 1. The number of aromatic nitrogens is 4. The number of nitrogens with one attached hydrogen (secondary N) is 2. The van der Waals surface area contributed by atoms with Crippen LogP contribution in [-0.2, 0) is 4.84 Å². The highest BCUT2D eigenvalue weighted by Crippen LogP contribution is 2.08. The Bertz CT molecular complexity index is 466. The van der Waals surface area contributed by atoms with E-state index in [4.69, 9.17) is 0 Å². The molecule has 0 saturated carbocycles. The highest BCUT2D eigenvalue weighted by Gasteiger charge is 2.13. The highest BCUT2D eigenvalue weighted by atomic mass is 16.6. The third kappa shape index (κ3) is 1.29. The maximum atomic E-state index is 11.4. The fraction of sp³-hybridized carbons (Fsp3) is 0.143. The number of hydrogen-bond donors (Lipinski definition) is 2. The lowest BCUT2D eigenvalue weighted by Gasteiger charge is -2.00. The van der Waals surface area contributed by atoms with Crippen molar-refractivity contribution in [3.05, 3.63) is 18.3 Å². The van der Waals surface area contributed by atoms with Crippen LogP contribution in [0.1, 0.15) is 10.5 Å². The van der Waals surface area contributed by atoms with E-state index >= 15 is 0 Å². The molecular formula is C7H7N5O2. The number of carbonyl (C=O) groups is 1. The Hall–Kier alpha value is -2.02. The van der Waals surface area contributed by atoms with E-state index in [1.807, 2.05) is 0 Å². The van der Waals surface area contributed by atoms with Gasteiger partial charge in [0.05, 0.1) is 13.4 Å². The smallest absolute Gasteiger partial charge is 0.295 e. The number of aromatic amines is 1. The maximum Gasteiger partial charge on any atom is 0.295 e. The molecule has 2 heterocycles. The minimum atomic E-state index is -0.441. The van der Waals surface area contributed by atoms with E-state index < -0.39 is 5.91 Å². The van der Waals surface area contributed by atoms with Crippen molar-refractivity contribution in [2.24, 2.45) is 0 Å². The zero-order chi connectivity index (χ0) is 9.97. The van der Waals surface area contributed by atoms with Crippen molar-refractivity contribution in [1.82, 2.24) is 25.4 Å². The van der Waals surface area contributed by atoms with Crippen molar-refractivity contribution in [3.63, 3.8) is 0 Å². The molecule has 14 heavy (non-hydrogen) atoms. The van der Waals surface area contributed by atoms with Gasteiger partial charge in [-0.25, -0.2) is 20.4 Å². The predicted molar refractivity (Wildman–Crippen MR) is 46.2 cm³/mol. The van der Waals surface area contributed by atoms with Crippen molar-refractivity contribution >= 4 is 17.1 Å². The second-order valence-electron chi connectivity index (χ2n) is 2.46. The first-order valence-electron chi connectivity index (χ1n) is 3.80. The van der Waals surface area contributed by atoms with E-state index in [0.29, 0.717) is 11.2 Å². The van der Waals surface area contributed by atoms with Gasteiger partial charge in [0.2, 0.25) is 0 Å². The summed E-state index contributed by atoms with van der Waals surface area (Å²) in [6.45, 7) is 0. The molecule has 2 N–H and O–H groups in total. The first kappa shape index (κ1) is 8.57. The average molecular weight is 193 g/mol. The van der Waals surface area contributed by atoms with Gasteiger partial charge in [0, 0.05) is 0 Å². The van der Waals surface area contributed by atoms with Gasteiger partial charge in [-0.15, -0.1) is 0 Å². The van der Waals surface area contributed by atoms with Crippen molar-refractivity contribution < 1.29 is 9.63 Å². The molecule has 0 atom stereocenters. The summed E-state index contributed by atoms with van der Waals surface area (Å²) in [5, 5.41) is 0. The molecule has 0 radical (unpaired) electrons. The first-order valence-corrected chi connectivity index (χ1v) is 3.80. The van der Waals surface area contributed by atoms with Crippen molar-refractivity contribution in [2.75, 3.05) is 7.11 Å². The fourth-order valence-corrected chi connectivity index (χ4v) is 1.08. The molecular weight excluding hydrogens is 186 g/mol. The van der Waals surface area contributed by atoms with Crippen LogP contribution in [-0.4, -0.2) is 33.0 Å². The molecule has 7 heteroatoms. The van der Waals surface area contributed by atoms with Crippen molar-refractivity contribution in [2.45, 2.75) is 0 Å². The van der Waals surface area contributed by atoms with E-state index in [1.54, 1.807) is 0 Å². The summed E-state index contributed by atoms with van der Waals surface area (Å²) in [7, 11) is 1.35. The number of imidazole rings is 1. The second-order valence-corrected chi connectivity index (χ2v) is 2.46. The van der Waals surface area contributed by atoms with E-state index in [0.717, 1.165) is 0 Å². The molecule has 0 spiro atoms. The molecule has 1 amide bonds. The normalized spacial score (nSPS) is 10.4. The third-order valence-electron chi connectivity index (χ3n) is 1.63. The van der Waals surface area contributed by atoms with Gasteiger partial charge in [-0.05, 0) is 0 Å². The molecule has 0 aliphatic heterocycles. The van der Waals surface area contributed by atoms with Crippen LogP contribution in [0.25, 0.3) is 11.2 Å². The summed E-state index contributed by atoms with van der Waals surface area (Å²) in [6, 6.07) is 0. The fourth-order valence-electron chi connectivity index (χ4n) is 1.08. The molecule has 72 valence electrons. The van der Waals surface area contributed by atoms with Gasteiger partial charge >= 0.3 is 0 Å². The zero-order valence-corrected chi connectivity index (χ0v) is 7.31. The van der Waals surface area contributed by atoms with Crippen LogP contribution >= 0.6 is 0 Å². The Balaban J connectivity index is 2.50. The highest BCUT2D eigenvalue weighted by molar-refractivity contribution is 6.01. The summed E-state index contributed by atoms with van der Waals surface area (Å²) in [5.74, 6) is -0.441. The summed E-state index contributed by atoms with van der Waals surface area (Å²) >= 11 is 0. The Labute approximate surface area is 78.5 Å². The molecule has 0 aromatic carbocycles. The Morgan fingerprint density at radius 1 is 1.50 bits per heavy atom. The molecule has 2 aromatic rings. The summed E-state index contributed by atoms with van der Waals surface area (Å²) < 4.78 is 0. The number of H-pyrrole nitrogens is 1. The van der Waals surface area contributed by atoms with Gasteiger partial charge < -0.3 is 4.98 Å². The maximum absolute atomic E-state index is 11.4. The number of rotatable bonds is 2. The van der Waals surface area contributed by atoms with Crippen LogP contribution in [0.4, 0.5) is 0 Å². The Morgan fingerprint density at radius 2 is 2.36 bits per heavy atom. The molecule has 0 aliphatic rings. The van der Waals surface area contributed by atoms with Crippen LogP contribution in [0.5, 0.6) is 0 Å². The van der Waals surface area contributed by atoms with Gasteiger partial charge in [0.1, 0.15) is 11.8 Å². The minimum absolute atomic E-state index is 0.203. The van der Waals surface area contributed by atoms with Crippen LogP contribution in [0.2, 0.25) is 0 Å². The van der Waals surface area contributed by atoms with E-state index in [1.165, 1.54) is 19.8 Å². The Morgan fingerprint density at radius 3 is 3.14 bits per heavy atom. The van der Waals surface area contributed by atoms with Gasteiger partial charge in [0.15, 0.2) is 11.3 Å². The summed E-state index contributed by atoms with van der Waals surface area (Å²) in [4.78, 5) is 30.2. The van der Waals surface area contributed by atoms with Crippen LogP contribution in [0.3, 0.4) is 0 Å². The van der Waals surface area contributed by atoms with Crippen molar-refractivity contribution in [1.29, 1.82) is 0 Å². The molecule has 2 aromatic heterocycles. The first-order chi connectivity index (χ1) is 6.83. The standard InChI is InChI=1S/C7H7N5O2/c1-14-12-7(13)5-4-6(10-2-8-4)11-3-9-5/h2-3H,1H3,(H,12,13)(H,8,9,10,11). The third-order valence-corrected chi connectivity index (χ3v) is 1.63. The average Bonchev–Trinajstić information content (AvgIpc) is 2.65. The summed E-state index contributed by atoms with van der Waals surface area (Å²) in [6.07, 6.45) is 2.72. The number of hydroxylamine groups is 1. The molecule has 2 rings (SSSR count). The van der Waals surface area contributed by atoms with Gasteiger partial charge in [0.25, 0.3) is 5.91 Å². The summed E-state index contributed by atoms with van der Waals surface area (Å²) in [5.41, 5.74) is 3.30. The SMILES string of the molecule is CONC(=O)c1ncnc2nc[nH]c12. The Kier molecular flexibility index (Phi) is 2.07. The van der Waals surface area contributed by atoms with Gasteiger partial charge in [-0.1, -0.05) is 0 Å². The number of hydrogen-bond acceptors (Lipinski definition) is 5. The van der Waals surface area contributed by atoms with E-state index in [-0.39, 0.29) is 5.69 Å². The predicted octanol–water partition coefficient (Wildman–Crippen LogP) is -0.356. The van der Waals surface area contributed by atoms with E-state index in [2.05, 4.69) is 30.3 Å². The molecule has 0 fully saturated rings. The number of fused-ring (bicyclic) bond motifs is 1. The molecule has 0 unspecified atom stereocenters. The zero-order valence-electron chi connectivity index (χ0n) is 7.31. The molecule has 7 nitrogen and oxygen atoms in total. The van der Waals surface area contributed by atoms with Crippen LogP contribution in [0.15, 0.2) is 12.7 Å². The van der Waals surface area contributed by atoms with Gasteiger partial charge in [-0.3, -0.25) is 9.63 Å². The topological polar surface area (TPSA) is 92.8 Å². The lowest BCUT2D eigenvalue weighted by atomic mass is 10.3. The number of nitrogens with zero attached hydrogens (tertiary/aromatic N) is 3. The number of carbonyl (C=O) groups excluding carboxylic acids is 1. The quantitative estimate of drug-likeness (QED) is 0.635. The second kappa shape index (κ2) is 3.38. The van der Waals surface area contributed by atoms with Crippen LogP contribution < -0.4 is 5.48 Å². The van der Waals surface area contributed by atoms with Gasteiger partial charge in [-0.2, -0.15) is 0 Å². The van der Waals surface area contributed by atoms with E-state index in [9.17, 15) is 4.79 Å². The lowest BCUT2D eigenvalue weighted by Crippen LogP contribution is -2.23.